The van der Waals surface area contributed by atoms with E-state index in [4.69, 9.17) is 4.74 Å². The van der Waals surface area contributed by atoms with Gasteiger partial charge in [0, 0.05) is 19.3 Å². The molecule has 3 aromatic rings. The van der Waals surface area contributed by atoms with Crippen molar-refractivity contribution >= 4 is 28.4 Å². The van der Waals surface area contributed by atoms with Crippen molar-refractivity contribution in [3.8, 4) is 5.75 Å². The fourth-order valence-electron chi connectivity index (χ4n) is 3.30. The number of nitrogens with one attached hydrogen (secondary N) is 2. The number of rotatable bonds is 3. The highest BCUT2D eigenvalue weighted by Gasteiger charge is 2.21. The molecule has 1 aliphatic heterocycles. The SMILES string of the molecule is CN1CCOc2ccc(NC(=O)NCc3cccc4ccccc34)cc2C1=O. The van der Waals surface area contributed by atoms with Gasteiger partial charge < -0.3 is 20.3 Å². The largest absolute Gasteiger partial charge is 0.491 e. The fraction of sp³-hybridized carbons (Fsp3) is 0.182. The number of fused-ring (bicyclic) bond motifs is 2. The molecule has 1 heterocycles. The Morgan fingerprint density at radius 1 is 1.11 bits per heavy atom. The third-order valence-electron chi connectivity index (χ3n) is 4.82. The number of ether oxygens (including phenoxy) is 1. The molecule has 0 radical (unpaired) electrons. The Labute approximate surface area is 163 Å². The molecule has 1 aliphatic rings. The van der Waals surface area contributed by atoms with Gasteiger partial charge in [0.25, 0.3) is 5.91 Å². The number of urea groups is 1. The molecule has 0 unspecified atom stereocenters. The van der Waals surface area contributed by atoms with Crippen molar-refractivity contribution in [1.82, 2.24) is 10.2 Å². The zero-order valence-electron chi connectivity index (χ0n) is 15.6. The van der Waals surface area contributed by atoms with Crippen LogP contribution in [0.15, 0.2) is 60.7 Å². The summed E-state index contributed by atoms with van der Waals surface area (Å²) in [6.07, 6.45) is 0. The van der Waals surface area contributed by atoms with E-state index in [2.05, 4.69) is 10.6 Å². The summed E-state index contributed by atoms with van der Waals surface area (Å²) in [5.41, 5.74) is 2.04. The normalized spacial score (nSPS) is 13.5. The van der Waals surface area contributed by atoms with Crippen LogP contribution in [0.4, 0.5) is 10.5 Å². The molecule has 142 valence electrons. The zero-order valence-corrected chi connectivity index (χ0v) is 15.6. The van der Waals surface area contributed by atoms with Gasteiger partial charge in [0.05, 0.1) is 12.1 Å². The maximum absolute atomic E-state index is 12.4. The lowest BCUT2D eigenvalue weighted by atomic mass is 10.0. The van der Waals surface area contributed by atoms with Crippen molar-refractivity contribution in [3.63, 3.8) is 0 Å². The average Bonchev–Trinajstić information content (AvgIpc) is 2.85. The lowest BCUT2D eigenvalue weighted by Gasteiger charge is -2.13. The third-order valence-corrected chi connectivity index (χ3v) is 4.82. The minimum atomic E-state index is -0.330. The molecule has 4 rings (SSSR count). The van der Waals surface area contributed by atoms with Gasteiger partial charge in [0.2, 0.25) is 0 Å². The first-order valence-electron chi connectivity index (χ1n) is 9.15. The molecule has 0 atom stereocenters. The highest BCUT2D eigenvalue weighted by Crippen LogP contribution is 2.26. The van der Waals surface area contributed by atoms with Crippen molar-refractivity contribution in [3.05, 3.63) is 71.8 Å². The van der Waals surface area contributed by atoms with Crippen molar-refractivity contribution in [1.29, 1.82) is 0 Å². The summed E-state index contributed by atoms with van der Waals surface area (Å²) in [4.78, 5) is 26.4. The lowest BCUT2D eigenvalue weighted by Crippen LogP contribution is -2.29. The molecule has 3 aromatic carbocycles. The van der Waals surface area contributed by atoms with Crippen LogP contribution < -0.4 is 15.4 Å². The maximum Gasteiger partial charge on any atom is 0.319 e. The van der Waals surface area contributed by atoms with E-state index < -0.39 is 0 Å². The summed E-state index contributed by atoms with van der Waals surface area (Å²) in [6.45, 7) is 1.39. The molecule has 0 saturated carbocycles. The summed E-state index contributed by atoms with van der Waals surface area (Å²) >= 11 is 0. The predicted molar refractivity (Wildman–Crippen MR) is 109 cm³/mol. The van der Waals surface area contributed by atoms with E-state index in [0.717, 1.165) is 16.3 Å². The van der Waals surface area contributed by atoms with Gasteiger partial charge >= 0.3 is 6.03 Å². The summed E-state index contributed by atoms with van der Waals surface area (Å²) in [6, 6.07) is 18.9. The van der Waals surface area contributed by atoms with Crippen molar-refractivity contribution < 1.29 is 14.3 Å². The molecule has 3 amide bonds. The van der Waals surface area contributed by atoms with Crippen LogP contribution in [0.2, 0.25) is 0 Å². The van der Waals surface area contributed by atoms with Crippen molar-refractivity contribution in [2.45, 2.75) is 6.54 Å². The second-order valence-corrected chi connectivity index (χ2v) is 6.73. The smallest absolute Gasteiger partial charge is 0.319 e. The Kier molecular flexibility index (Phi) is 4.85. The Morgan fingerprint density at radius 3 is 2.82 bits per heavy atom. The van der Waals surface area contributed by atoms with Crippen molar-refractivity contribution in [2.75, 3.05) is 25.5 Å². The number of nitrogens with zero attached hydrogens (tertiary/aromatic N) is 1. The van der Waals surface area contributed by atoms with Crippen molar-refractivity contribution in [2.24, 2.45) is 0 Å². The molecule has 28 heavy (non-hydrogen) atoms. The van der Waals surface area contributed by atoms with Gasteiger partial charge in [0.15, 0.2) is 0 Å². The van der Waals surface area contributed by atoms with E-state index in [1.54, 1.807) is 30.1 Å². The highest BCUT2D eigenvalue weighted by molar-refractivity contribution is 5.99. The quantitative estimate of drug-likeness (QED) is 0.734. The molecule has 6 heteroatoms. The standard InChI is InChI=1S/C22H21N3O3/c1-25-11-12-28-20-10-9-17(13-19(20)21(25)26)24-22(27)23-14-16-7-4-6-15-5-2-3-8-18(15)16/h2-10,13H,11-12,14H2,1H3,(H2,23,24,27). The number of likely N-dealkylation sites (N-methyl/N-ethyl adjacent to an activating group) is 1. The number of hydrogen-bond acceptors (Lipinski definition) is 3. The number of anilines is 1. The van der Waals surface area contributed by atoms with Crippen LogP contribution >= 0.6 is 0 Å². The molecule has 0 fully saturated rings. The molecular formula is C22H21N3O3. The molecule has 6 nitrogen and oxygen atoms in total. The van der Waals surface area contributed by atoms with Crippen LogP contribution in [0.1, 0.15) is 15.9 Å². The van der Waals surface area contributed by atoms with Crippen LogP contribution in [-0.4, -0.2) is 37.0 Å². The topological polar surface area (TPSA) is 70.7 Å². The van der Waals surface area contributed by atoms with Crippen LogP contribution in [0, 0.1) is 0 Å². The van der Waals surface area contributed by atoms with Gasteiger partial charge in [-0.3, -0.25) is 4.79 Å². The highest BCUT2D eigenvalue weighted by atomic mass is 16.5. The van der Waals surface area contributed by atoms with E-state index >= 15 is 0 Å². The number of carbonyl (C=O) groups excluding carboxylic acids is 2. The van der Waals surface area contributed by atoms with Gasteiger partial charge in [-0.2, -0.15) is 0 Å². The van der Waals surface area contributed by atoms with E-state index in [-0.39, 0.29) is 11.9 Å². The summed E-state index contributed by atoms with van der Waals surface area (Å²) < 4.78 is 5.60. The van der Waals surface area contributed by atoms with Gasteiger partial charge in [-0.05, 0) is 34.5 Å². The average molecular weight is 375 g/mol. The van der Waals surface area contributed by atoms with Crippen LogP contribution in [0.25, 0.3) is 10.8 Å². The monoisotopic (exact) mass is 375 g/mol. The second kappa shape index (κ2) is 7.60. The Bertz CT molecular complexity index is 1040. The lowest BCUT2D eigenvalue weighted by molar-refractivity contribution is 0.0796. The Balaban J connectivity index is 1.45. The van der Waals surface area contributed by atoms with Crippen LogP contribution in [0.5, 0.6) is 5.75 Å². The Hall–Kier alpha value is -3.54. The van der Waals surface area contributed by atoms with Gasteiger partial charge in [-0.25, -0.2) is 4.79 Å². The molecular weight excluding hydrogens is 354 g/mol. The predicted octanol–water partition coefficient (Wildman–Crippen LogP) is 3.63. The minimum Gasteiger partial charge on any atom is -0.491 e. The second-order valence-electron chi connectivity index (χ2n) is 6.73. The van der Waals surface area contributed by atoms with E-state index in [1.807, 2.05) is 42.5 Å². The summed E-state index contributed by atoms with van der Waals surface area (Å²) in [5.74, 6) is 0.420. The van der Waals surface area contributed by atoms with Crippen LogP contribution in [0.3, 0.4) is 0 Å². The molecule has 0 saturated heterocycles. The Morgan fingerprint density at radius 2 is 1.93 bits per heavy atom. The van der Waals surface area contributed by atoms with E-state index in [1.165, 1.54) is 0 Å². The summed E-state index contributed by atoms with van der Waals surface area (Å²) in [7, 11) is 1.73. The fourth-order valence-corrected chi connectivity index (χ4v) is 3.30. The number of carbonyl (C=O) groups is 2. The molecule has 2 N–H and O–H groups in total. The van der Waals surface area contributed by atoms with E-state index in [9.17, 15) is 9.59 Å². The first-order valence-corrected chi connectivity index (χ1v) is 9.15. The minimum absolute atomic E-state index is 0.118. The number of hydrogen-bond donors (Lipinski definition) is 2. The maximum atomic E-state index is 12.4. The first-order chi connectivity index (χ1) is 13.6. The van der Waals surface area contributed by atoms with Crippen LogP contribution in [-0.2, 0) is 6.54 Å². The molecule has 0 spiro atoms. The third kappa shape index (κ3) is 3.62. The molecule has 0 bridgehead atoms. The molecule has 0 aliphatic carbocycles. The van der Waals surface area contributed by atoms with Gasteiger partial charge in [-0.1, -0.05) is 42.5 Å². The first kappa shape index (κ1) is 17.9. The zero-order chi connectivity index (χ0) is 19.5. The summed E-state index contributed by atoms with van der Waals surface area (Å²) in [5, 5.41) is 7.91. The molecule has 0 aromatic heterocycles. The number of amides is 3. The van der Waals surface area contributed by atoms with Gasteiger partial charge in [0.1, 0.15) is 12.4 Å². The number of benzene rings is 3. The van der Waals surface area contributed by atoms with Gasteiger partial charge in [-0.15, -0.1) is 0 Å². The van der Waals surface area contributed by atoms with E-state index in [0.29, 0.717) is 36.7 Å².